The lowest BCUT2D eigenvalue weighted by molar-refractivity contribution is -0.123. The van der Waals surface area contributed by atoms with E-state index in [1.165, 1.54) is 0 Å². The summed E-state index contributed by atoms with van der Waals surface area (Å²) in [5.41, 5.74) is 2.41. The maximum Gasteiger partial charge on any atom is 0.258 e. The molecule has 0 spiro atoms. The summed E-state index contributed by atoms with van der Waals surface area (Å²) in [6.07, 6.45) is 2.14. The molecule has 0 radical (unpaired) electrons. The number of aryl methyl sites for hydroxylation is 1. The van der Waals surface area contributed by atoms with Gasteiger partial charge in [-0.15, -0.1) is 0 Å². The zero-order valence-electron chi connectivity index (χ0n) is 17.3. The van der Waals surface area contributed by atoms with Crippen molar-refractivity contribution in [1.29, 1.82) is 0 Å². The second-order valence-electron chi connectivity index (χ2n) is 7.42. The molecule has 2 amide bonds. The van der Waals surface area contributed by atoms with Crippen LogP contribution in [0.3, 0.4) is 0 Å². The van der Waals surface area contributed by atoms with Gasteiger partial charge in [0.15, 0.2) is 6.61 Å². The van der Waals surface area contributed by atoms with E-state index in [4.69, 9.17) is 9.26 Å². The molecule has 1 aliphatic heterocycles. The molecule has 2 heterocycles. The van der Waals surface area contributed by atoms with E-state index in [1.807, 2.05) is 41.3 Å². The summed E-state index contributed by atoms with van der Waals surface area (Å²) in [6, 6.07) is 14.5. The molecular formula is C23H24N4O4. The van der Waals surface area contributed by atoms with E-state index in [0.29, 0.717) is 29.6 Å². The zero-order chi connectivity index (χ0) is 21.6. The Bertz CT molecular complexity index is 1040. The van der Waals surface area contributed by atoms with Crippen LogP contribution in [-0.2, 0) is 11.3 Å². The number of aromatic nitrogens is 2. The Labute approximate surface area is 180 Å². The SMILES string of the molecule is Cc1nc(-c2ccc(OCC(=O)NCc3ccc(C(=O)N4CCCC4)cc3)cc2)no1. The quantitative estimate of drug-likeness (QED) is 0.631. The molecule has 1 N–H and O–H groups in total. The molecule has 1 saturated heterocycles. The number of carbonyl (C=O) groups excluding carboxylic acids is 2. The summed E-state index contributed by atoms with van der Waals surface area (Å²) in [4.78, 5) is 30.5. The number of likely N-dealkylation sites (tertiary alicyclic amines) is 1. The lowest BCUT2D eigenvalue weighted by Gasteiger charge is -2.15. The zero-order valence-corrected chi connectivity index (χ0v) is 17.3. The molecule has 0 unspecified atom stereocenters. The van der Waals surface area contributed by atoms with E-state index in [9.17, 15) is 9.59 Å². The number of ether oxygens (including phenoxy) is 1. The summed E-state index contributed by atoms with van der Waals surface area (Å²) in [7, 11) is 0. The highest BCUT2D eigenvalue weighted by molar-refractivity contribution is 5.94. The van der Waals surface area contributed by atoms with E-state index in [1.54, 1.807) is 19.1 Å². The van der Waals surface area contributed by atoms with E-state index >= 15 is 0 Å². The van der Waals surface area contributed by atoms with Crippen LogP contribution in [0.2, 0.25) is 0 Å². The van der Waals surface area contributed by atoms with Crippen LogP contribution in [0.1, 0.15) is 34.7 Å². The van der Waals surface area contributed by atoms with E-state index in [0.717, 1.165) is 37.1 Å². The van der Waals surface area contributed by atoms with Crippen molar-refractivity contribution >= 4 is 11.8 Å². The minimum atomic E-state index is -0.227. The number of benzene rings is 2. The minimum absolute atomic E-state index is 0.0713. The van der Waals surface area contributed by atoms with Crippen LogP contribution in [-0.4, -0.2) is 46.6 Å². The second-order valence-corrected chi connectivity index (χ2v) is 7.42. The fourth-order valence-electron chi connectivity index (χ4n) is 3.39. The van der Waals surface area contributed by atoms with Crippen LogP contribution in [0.25, 0.3) is 11.4 Å². The topological polar surface area (TPSA) is 97.6 Å². The first kappa shape index (κ1) is 20.6. The Balaban J connectivity index is 1.22. The van der Waals surface area contributed by atoms with Gasteiger partial charge in [0.05, 0.1) is 0 Å². The number of carbonyl (C=O) groups is 2. The smallest absolute Gasteiger partial charge is 0.258 e. The maximum absolute atomic E-state index is 12.4. The van der Waals surface area contributed by atoms with Crippen molar-refractivity contribution < 1.29 is 18.8 Å². The van der Waals surface area contributed by atoms with Gasteiger partial charge in [0, 0.05) is 37.7 Å². The Hall–Kier alpha value is -3.68. The van der Waals surface area contributed by atoms with Gasteiger partial charge < -0.3 is 19.5 Å². The van der Waals surface area contributed by atoms with Gasteiger partial charge in [-0.1, -0.05) is 17.3 Å². The van der Waals surface area contributed by atoms with E-state index < -0.39 is 0 Å². The fourth-order valence-corrected chi connectivity index (χ4v) is 3.39. The molecule has 31 heavy (non-hydrogen) atoms. The monoisotopic (exact) mass is 420 g/mol. The molecule has 1 aliphatic rings. The van der Waals surface area contributed by atoms with Crippen molar-refractivity contribution in [3.63, 3.8) is 0 Å². The van der Waals surface area contributed by atoms with Crippen LogP contribution in [0.4, 0.5) is 0 Å². The summed E-state index contributed by atoms with van der Waals surface area (Å²) in [5, 5.41) is 6.69. The van der Waals surface area contributed by atoms with E-state index in [2.05, 4.69) is 15.5 Å². The van der Waals surface area contributed by atoms with Crippen LogP contribution in [0, 0.1) is 6.92 Å². The third-order valence-electron chi connectivity index (χ3n) is 5.09. The summed E-state index contributed by atoms with van der Waals surface area (Å²) in [6.45, 7) is 3.67. The van der Waals surface area contributed by atoms with Crippen LogP contribution < -0.4 is 10.1 Å². The largest absolute Gasteiger partial charge is 0.484 e. The van der Waals surface area contributed by atoms with Crippen molar-refractivity contribution in [2.75, 3.05) is 19.7 Å². The van der Waals surface area contributed by atoms with Crippen LogP contribution in [0.5, 0.6) is 5.75 Å². The van der Waals surface area contributed by atoms with Gasteiger partial charge in [-0.3, -0.25) is 9.59 Å². The van der Waals surface area contributed by atoms with E-state index in [-0.39, 0.29) is 18.4 Å². The molecule has 160 valence electrons. The maximum atomic E-state index is 12.4. The Morgan fingerprint density at radius 2 is 1.77 bits per heavy atom. The number of nitrogens with zero attached hydrogens (tertiary/aromatic N) is 3. The Morgan fingerprint density at radius 1 is 1.06 bits per heavy atom. The molecule has 0 aliphatic carbocycles. The highest BCUT2D eigenvalue weighted by Crippen LogP contribution is 2.20. The highest BCUT2D eigenvalue weighted by Gasteiger charge is 2.19. The number of nitrogens with one attached hydrogen (secondary N) is 1. The molecule has 1 aromatic heterocycles. The van der Waals surface area contributed by atoms with Gasteiger partial charge in [0.2, 0.25) is 11.7 Å². The van der Waals surface area contributed by atoms with Crippen molar-refractivity contribution in [1.82, 2.24) is 20.4 Å². The second kappa shape index (κ2) is 9.42. The third-order valence-corrected chi connectivity index (χ3v) is 5.09. The molecule has 0 atom stereocenters. The summed E-state index contributed by atoms with van der Waals surface area (Å²) < 4.78 is 10.5. The molecular weight excluding hydrogens is 396 g/mol. The minimum Gasteiger partial charge on any atom is -0.484 e. The van der Waals surface area contributed by atoms with Gasteiger partial charge in [-0.25, -0.2) is 0 Å². The van der Waals surface area contributed by atoms with Crippen molar-refractivity contribution in [2.24, 2.45) is 0 Å². The summed E-state index contributed by atoms with van der Waals surface area (Å²) >= 11 is 0. The third kappa shape index (κ3) is 5.28. The molecule has 2 aromatic carbocycles. The predicted molar refractivity (Wildman–Crippen MR) is 113 cm³/mol. The van der Waals surface area contributed by atoms with Crippen LogP contribution >= 0.6 is 0 Å². The van der Waals surface area contributed by atoms with Crippen molar-refractivity contribution in [2.45, 2.75) is 26.3 Å². The van der Waals surface area contributed by atoms with Gasteiger partial charge >= 0.3 is 0 Å². The average Bonchev–Trinajstić information content (AvgIpc) is 3.49. The molecule has 3 aromatic rings. The number of amides is 2. The highest BCUT2D eigenvalue weighted by atomic mass is 16.5. The predicted octanol–water partition coefficient (Wildman–Crippen LogP) is 2.98. The first-order chi connectivity index (χ1) is 15.1. The molecule has 8 heteroatoms. The van der Waals surface area contributed by atoms with Gasteiger partial charge in [-0.05, 0) is 54.8 Å². The summed E-state index contributed by atoms with van der Waals surface area (Å²) in [5.74, 6) is 1.43. The first-order valence-electron chi connectivity index (χ1n) is 10.3. The molecule has 0 saturated carbocycles. The molecule has 4 rings (SSSR count). The van der Waals surface area contributed by atoms with Gasteiger partial charge in [0.1, 0.15) is 5.75 Å². The Morgan fingerprint density at radius 3 is 2.42 bits per heavy atom. The fraction of sp³-hybridized carbons (Fsp3) is 0.304. The first-order valence-corrected chi connectivity index (χ1v) is 10.3. The molecule has 1 fully saturated rings. The normalized spacial score (nSPS) is 13.3. The lowest BCUT2D eigenvalue weighted by Crippen LogP contribution is -2.29. The lowest BCUT2D eigenvalue weighted by atomic mass is 10.1. The van der Waals surface area contributed by atoms with Gasteiger partial charge in [-0.2, -0.15) is 4.98 Å². The molecule has 0 bridgehead atoms. The number of hydrogen-bond acceptors (Lipinski definition) is 6. The standard InChI is InChI=1S/C23H24N4O4/c1-16-25-22(26-31-16)18-8-10-20(11-9-18)30-15-21(28)24-14-17-4-6-19(7-5-17)23(29)27-12-2-3-13-27/h4-11H,2-3,12-15H2,1H3,(H,24,28). The van der Waals surface area contributed by atoms with Gasteiger partial charge in [0.25, 0.3) is 11.8 Å². The number of rotatable bonds is 7. The van der Waals surface area contributed by atoms with Crippen molar-refractivity contribution in [3.05, 3.63) is 65.5 Å². The Kier molecular flexibility index (Phi) is 6.26. The number of hydrogen-bond donors (Lipinski definition) is 1. The molecule has 8 nitrogen and oxygen atoms in total. The van der Waals surface area contributed by atoms with Crippen molar-refractivity contribution in [3.8, 4) is 17.1 Å². The van der Waals surface area contributed by atoms with Crippen LogP contribution in [0.15, 0.2) is 53.1 Å². The average molecular weight is 420 g/mol.